The highest BCUT2D eigenvalue weighted by molar-refractivity contribution is 7.09. The van der Waals surface area contributed by atoms with Gasteiger partial charge in [0.1, 0.15) is 10.8 Å². The molecule has 4 heteroatoms. The maximum Gasteiger partial charge on any atom is 0.146 e. The number of Topliss-reactive ketones (excluding diaryl/α,β-unsaturated/α-hetero) is 1. The highest BCUT2D eigenvalue weighted by Gasteiger charge is 2.26. The van der Waals surface area contributed by atoms with Crippen LogP contribution >= 0.6 is 11.3 Å². The van der Waals surface area contributed by atoms with Gasteiger partial charge in [-0.15, -0.1) is 11.3 Å². The summed E-state index contributed by atoms with van der Waals surface area (Å²) in [7, 11) is 0. The van der Waals surface area contributed by atoms with Crippen molar-refractivity contribution in [2.24, 2.45) is 0 Å². The zero-order valence-corrected chi connectivity index (χ0v) is 10.7. The van der Waals surface area contributed by atoms with E-state index in [0.717, 1.165) is 30.2 Å². The highest BCUT2D eigenvalue weighted by atomic mass is 32.1. The third kappa shape index (κ3) is 2.68. The van der Waals surface area contributed by atoms with Gasteiger partial charge in [-0.3, -0.25) is 9.69 Å². The molecule has 0 bridgehead atoms. The minimum absolute atomic E-state index is 0.123. The minimum Gasteiger partial charge on any atom is -0.298 e. The van der Waals surface area contributed by atoms with Gasteiger partial charge in [0, 0.05) is 11.1 Å². The standard InChI is InChI=1S/C12H18N2OS/c1-9-8-16-12(13-9)7-14-6-4-3-5-11(14)10(2)15/h8,11H,3-7H2,1-2H3. The van der Waals surface area contributed by atoms with E-state index in [4.69, 9.17) is 0 Å². The fourth-order valence-electron chi connectivity index (χ4n) is 2.29. The van der Waals surface area contributed by atoms with Crippen molar-refractivity contribution in [1.82, 2.24) is 9.88 Å². The van der Waals surface area contributed by atoms with Crippen LogP contribution in [0.15, 0.2) is 5.38 Å². The van der Waals surface area contributed by atoms with E-state index < -0.39 is 0 Å². The molecule has 0 radical (unpaired) electrons. The summed E-state index contributed by atoms with van der Waals surface area (Å²) in [5, 5.41) is 3.20. The van der Waals surface area contributed by atoms with E-state index in [1.807, 2.05) is 6.92 Å². The number of likely N-dealkylation sites (tertiary alicyclic amines) is 1. The number of piperidine rings is 1. The first-order valence-electron chi connectivity index (χ1n) is 5.82. The maximum absolute atomic E-state index is 11.5. The van der Waals surface area contributed by atoms with Crippen LogP contribution in [0.3, 0.4) is 0 Å². The number of nitrogens with zero attached hydrogens (tertiary/aromatic N) is 2. The Morgan fingerprint density at radius 2 is 2.44 bits per heavy atom. The summed E-state index contributed by atoms with van der Waals surface area (Å²) in [6.45, 7) is 5.58. The molecule has 1 aliphatic heterocycles. The van der Waals surface area contributed by atoms with Crippen LogP contribution in [0.25, 0.3) is 0 Å². The average Bonchev–Trinajstić information content (AvgIpc) is 2.64. The monoisotopic (exact) mass is 238 g/mol. The molecule has 0 aromatic carbocycles. The molecule has 3 nitrogen and oxygen atoms in total. The van der Waals surface area contributed by atoms with Crippen molar-refractivity contribution in [3.05, 3.63) is 16.1 Å². The first-order chi connectivity index (χ1) is 7.66. The second-order valence-corrected chi connectivity index (χ2v) is 5.42. The molecule has 1 unspecified atom stereocenters. The van der Waals surface area contributed by atoms with Crippen LogP contribution < -0.4 is 0 Å². The van der Waals surface area contributed by atoms with Crippen LogP contribution in [-0.4, -0.2) is 28.3 Å². The number of ketones is 1. The Hall–Kier alpha value is -0.740. The Morgan fingerprint density at radius 1 is 1.62 bits per heavy atom. The Bertz CT molecular complexity index is 375. The van der Waals surface area contributed by atoms with E-state index in [2.05, 4.69) is 15.3 Å². The zero-order valence-electron chi connectivity index (χ0n) is 9.90. The lowest BCUT2D eigenvalue weighted by molar-refractivity contribution is -0.123. The summed E-state index contributed by atoms with van der Waals surface area (Å²) in [5.74, 6) is 0.299. The molecule has 0 amide bonds. The van der Waals surface area contributed by atoms with Gasteiger partial charge in [0.2, 0.25) is 0 Å². The number of thiazole rings is 1. The molecule has 0 N–H and O–H groups in total. The van der Waals surface area contributed by atoms with E-state index in [1.165, 1.54) is 12.8 Å². The molecule has 1 aromatic heterocycles. The Labute approximate surface area is 100 Å². The van der Waals surface area contributed by atoms with Crippen molar-refractivity contribution in [1.29, 1.82) is 0 Å². The third-order valence-electron chi connectivity index (χ3n) is 3.09. The van der Waals surface area contributed by atoms with Gasteiger partial charge in [0.15, 0.2) is 0 Å². The van der Waals surface area contributed by atoms with Crippen molar-refractivity contribution in [3.63, 3.8) is 0 Å². The van der Waals surface area contributed by atoms with Gasteiger partial charge < -0.3 is 0 Å². The van der Waals surface area contributed by atoms with Crippen LogP contribution in [0.2, 0.25) is 0 Å². The fraction of sp³-hybridized carbons (Fsp3) is 0.667. The van der Waals surface area contributed by atoms with Gasteiger partial charge >= 0.3 is 0 Å². The molecular formula is C12H18N2OS. The second-order valence-electron chi connectivity index (χ2n) is 4.48. The molecule has 1 aliphatic rings. The normalized spacial score (nSPS) is 22.2. The number of carbonyl (C=O) groups is 1. The number of carbonyl (C=O) groups excluding carboxylic acids is 1. The molecule has 2 rings (SSSR count). The van der Waals surface area contributed by atoms with Crippen molar-refractivity contribution < 1.29 is 4.79 Å². The van der Waals surface area contributed by atoms with Gasteiger partial charge in [-0.25, -0.2) is 4.98 Å². The van der Waals surface area contributed by atoms with Gasteiger partial charge in [-0.2, -0.15) is 0 Å². The largest absolute Gasteiger partial charge is 0.298 e. The van der Waals surface area contributed by atoms with E-state index >= 15 is 0 Å². The molecule has 0 aliphatic carbocycles. The predicted octanol–water partition coefficient (Wildman–Crippen LogP) is 2.40. The first-order valence-corrected chi connectivity index (χ1v) is 6.70. The van der Waals surface area contributed by atoms with Crippen molar-refractivity contribution in [2.45, 2.75) is 45.7 Å². The van der Waals surface area contributed by atoms with Gasteiger partial charge in [-0.05, 0) is 33.2 Å². The Kier molecular flexibility index (Phi) is 3.71. The summed E-state index contributed by atoms with van der Waals surface area (Å²) in [5.41, 5.74) is 1.08. The van der Waals surface area contributed by atoms with E-state index in [0.29, 0.717) is 5.78 Å². The van der Waals surface area contributed by atoms with E-state index in [1.54, 1.807) is 18.3 Å². The molecular weight excluding hydrogens is 220 g/mol. The minimum atomic E-state index is 0.123. The van der Waals surface area contributed by atoms with Crippen LogP contribution in [0.1, 0.15) is 36.9 Å². The SMILES string of the molecule is CC(=O)C1CCCCN1Cc1nc(C)cs1. The number of rotatable bonds is 3. The predicted molar refractivity (Wildman–Crippen MR) is 65.6 cm³/mol. The second kappa shape index (κ2) is 5.06. The fourth-order valence-corrected chi connectivity index (χ4v) is 3.09. The lowest BCUT2D eigenvalue weighted by atomic mass is 9.99. The number of hydrogen-bond acceptors (Lipinski definition) is 4. The van der Waals surface area contributed by atoms with Crippen LogP contribution in [0.4, 0.5) is 0 Å². The van der Waals surface area contributed by atoms with Gasteiger partial charge in [-0.1, -0.05) is 6.42 Å². The number of aryl methyl sites for hydroxylation is 1. The van der Waals surface area contributed by atoms with Crippen molar-refractivity contribution in [2.75, 3.05) is 6.54 Å². The van der Waals surface area contributed by atoms with Gasteiger partial charge in [0.25, 0.3) is 0 Å². The lowest BCUT2D eigenvalue weighted by Crippen LogP contribution is -2.43. The molecule has 1 aromatic rings. The summed E-state index contributed by atoms with van der Waals surface area (Å²) >= 11 is 1.69. The lowest BCUT2D eigenvalue weighted by Gasteiger charge is -2.33. The topological polar surface area (TPSA) is 33.2 Å². The van der Waals surface area contributed by atoms with Gasteiger partial charge in [0.05, 0.1) is 12.6 Å². The average molecular weight is 238 g/mol. The Balaban J connectivity index is 2.03. The summed E-state index contributed by atoms with van der Waals surface area (Å²) < 4.78 is 0. The summed E-state index contributed by atoms with van der Waals surface area (Å²) in [6.07, 6.45) is 3.39. The highest BCUT2D eigenvalue weighted by Crippen LogP contribution is 2.21. The summed E-state index contributed by atoms with van der Waals surface area (Å²) in [6, 6.07) is 0.123. The maximum atomic E-state index is 11.5. The molecule has 88 valence electrons. The third-order valence-corrected chi connectivity index (χ3v) is 4.04. The van der Waals surface area contributed by atoms with Crippen molar-refractivity contribution in [3.8, 4) is 0 Å². The van der Waals surface area contributed by atoms with Crippen LogP contribution in [-0.2, 0) is 11.3 Å². The van der Waals surface area contributed by atoms with Crippen LogP contribution in [0.5, 0.6) is 0 Å². The first kappa shape index (κ1) is 11.7. The Morgan fingerprint density at radius 3 is 3.06 bits per heavy atom. The molecule has 2 heterocycles. The summed E-state index contributed by atoms with van der Waals surface area (Å²) in [4.78, 5) is 18.3. The zero-order chi connectivity index (χ0) is 11.5. The van der Waals surface area contributed by atoms with E-state index in [-0.39, 0.29) is 6.04 Å². The molecule has 1 saturated heterocycles. The number of aromatic nitrogens is 1. The van der Waals surface area contributed by atoms with Crippen molar-refractivity contribution >= 4 is 17.1 Å². The van der Waals surface area contributed by atoms with Crippen LogP contribution in [0, 0.1) is 6.92 Å². The van der Waals surface area contributed by atoms with E-state index in [9.17, 15) is 4.79 Å². The molecule has 0 saturated carbocycles. The smallest absolute Gasteiger partial charge is 0.146 e. The molecule has 1 atom stereocenters. The quantitative estimate of drug-likeness (QED) is 0.810. The molecule has 16 heavy (non-hydrogen) atoms. The number of hydrogen-bond donors (Lipinski definition) is 0. The molecule has 0 spiro atoms. The molecule has 1 fully saturated rings.